The molecule has 0 aliphatic heterocycles. The van der Waals surface area contributed by atoms with Gasteiger partial charge in [-0.05, 0) is 38.1 Å². The van der Waals surface area contributed by atoms with Gasteiger partial charge in [-0.15, -0.1) is 0 Å². The molecule has 0 bridgehead atoms. The first-order valence-corrected chi connectivity index (χ1v) is 8.17. The molecule has 0 aromatic heterocycles. The summed E-state index contributed by atoms with van der Waals surface area (Å²) in [5, 5.41) is 0. The molecule has 0 aliphatic rings. The van der Waals surface area contributed by atoms with Crippen LogP contribution in [0.4, 0.5) is 5.69 Å². The second-order valence-corrected chi connectivity index (χ2v) is 6.52. The van der Waals surface area contributed by atoms with E-state index in [4.69, 9.17) is 4.74 Å². The van der Waals surface area contributed by atoms with E-state index in [1.807, 2.05) is 13.0 Å². The highest BCUT2D eigenvalue weighted by Gasteiger charge is 2.25. The van der Waals surface area contributed by atoms with Gasteiger partial charge in [-0.1, -0.05) is 29.8 Å². The lowest BCUT2D eigenvalue weighted by atomic mass is 10.2. The number of nitrogens with zero attached hydrogens (tertiary/aromatic N) is 1. The monoisotopic (exact) mass is 305 g/mol. The van der Waals surface area contributed by atoms with Crippen LogP contribution in [0.25, 0.3) is 0 Å². The Kier molecular flexibility index (Phi) is 4.53. The number of para-hydroxylation sites is 2. The van der Waals surface area contributed by atoms with Crippen molar-refractivity contribution in [3.63, 3.8) is 0 Å². The molecule has 0 aliphatic carbocycles. The van der Waals surface area contributed by atoms with E-state index in [2.05, 4.69) is 0 Å². The molecule has 0 heterocycles. The van der Waals surface area contributed by atoms with Crippen LogP contribution in [0.1, 0.15) is 12.5 Å². The van der Waals surface area contributed by atoms with Crippen molar-refractivity contribution in [3.8, 4) is 5.75 Å². The zero-order valence-corrected chi connectivity index (χ0v) is 13.2. The lowest BCUT2D eigenvalue weighted by Crippen LogP contribution is -2.31. The van der Waals surface area contributed by atoms with E-state index in [9.17, 15) is 8.42 Å². The van der Waals surface area contributed by atoms with Crippen molar-refractivity contribution in [1.29, 1.82) is 0 Å². The Bertz CT molecular complexity index is 709. The maximum atomic E-state index is 12.8. The zero-order chi connectivity index (χ0) is 15.5. The van der Waals surface area contributed by atoms with Gasteiger partial charge in [0, 0.05) is 6.54 Å². The molecule has 0 amide bonds. The van der Waals surface area contributed by atoms with Crippen molar-refractivity contribution in [2.75, 3.05) is 18.0 Å². The Balaban J connectivity index is 2.52. The number of benzene rings is 2. The molecule has 5 heteroatoms. The molecule has 0 saturated heterocycles. The predicted molar refractivity (Wildman–Crippen MR) is 84.4 cm³/mol. The Labute approximate surface area is 126 Å². The fourth-order valence-corrected chi connectivity index (χ4v) is 3.63. The average Bonchev–Trinajstić information content (AvgIpc) is 2.48. The minimum atomic E-state index is -3.60. The van der Waals surface area contributed by atoms with E-state index in [-0.39, 0.29) is 4.90 Å². The number of sulfonamides is 1. The second-order valence-electron chi connectivity index (χ2n) is 4.65. The van der Waals surface area contributed by atoms with Gasteiger partial charge in [-0.2, -0.15) is 0 Å². The fourth-order valence-electron chi connectivity index (χ4n) is 2.14. The van der Waals surface area contributed by atoms with Gasteiger partial charge in [0.15, 0.2) is 0 Å². The fraction of sp³-hybridized carbons (Fsp3) is 0.250. The lowest BCUT2D eigenvalue weighted by Gasteiger charge is -2.24. The number of aryl methyl sites for hydroxylation is 1. The molecule has 21 heavy (non-hydrogen) atoms. The van der Waals surface area contributed by atoms with Crippen LogP contribution in [-0.2, 0) is 10.0 Å². The summed E-state index contributed by atoms with van der Waals surface area (Å²) >= 11 is 0. The summed E-state index contributed by atoms with van der Waals surface area (Å²) in [7, 11) is -2.07. The van der Waals surface area contributed by atoms with E-state index in [1.54, 1.807) is 49.4 Å². The standard InChI is InChI=1S/C16H19NO3S/c1-4-17(15-7-5-6-8-16(15)20-3)21(18,19)14-11-9-13(2)10-12-14/h5-12H,4H2,1-3H3. The molecule has 0 fully saturated rings. The summed E-state index contributed by atoms with van der Waals surface area (Å²) in [6.07, 6.45) is 0. The smallest absolute Gasteiger partial charge is 0.264 e. The van der Waals surface area contributed by atoms with E-state index in [0.29, 0.717) is 18.0 Å². The molecule has 2 aromatic rings. The lowest BCUT2D eigenvalue weighted by molar-refractivity contribution is 0.415. The minimum Gasteiger partial charge on any atom is -0.495 e. The number of anilines is 1. The van der Waals surface area contributed by atoms with E-state index in [0.717, 1.165) is 5.56 Å². The van der Waals surface area contributed by atoms with E-state index >= 15 is 0 Å². The third-order valence-corrected chi connectivity index (χ3v) is 5.15. The summed E-state index contributed by atoms with van der Waals surface area (Å²) in [6.45, 7) is 4.06. The maximum Gasteiger partial charge on any atom is 0.264 e. The Morgan fingerprint density at radius 1 is 1.05 bits per heavy atom. The summed E-state index contributed by atoms with van der Waals surface area (Å²) in [5.41, 5.74) is 1.57. The predicted octanol–water partition coefficient (Wildman–Crippen LogP) is 3.22. The molecular formula is C16H19NO3S. The van der Waals surface area contributed by atoms with Crippen LogP contribution in [0.2, 0.25) is 0 Å². The number of rotatable bonds is 5. The topological polar surface area (TPSA) is 46.6 Å². The molecule has 2 rings (SSSR count). The Hall–Kier alpha value is -2.01. The van der Waals surface area contributed by atoms with Crippen LogP contribution in [0, 0.1) is 6.92 Å². The number of methoxy groups -OCH3 is 1. The first-order chi connectivity index (χ1) is 10.0. The van der Waals surface area contributed by atoms with E-state index in [1.165, 1.54) is 11.4 Å². The normalized spacial score (nSPS) is 11.2. The number of ether oxygens (including phenoxy) is 1. The summed E-state index contributed by atoms with van der Waals surface area (Å²) in [4.78, 5) is 0.279. The highest BCUT2D eigenvalue weighted by Crippen LogP contribution is 2.31. The first kappa shape index (κ1) is 15.4. The average molecular weight is 305 g/mol. The van der Waals surface area contributed by atoms with Crippen molar-refractivity contribution in [2.45, 2.75) is 18.7 Å². The van der Waals surface area contributed by atoms with Crippen LogP contribution in [0.3, 0.4) is 0 Å². The van der Waals surface area contributed by atoms with Gasteiger partial charge in [0.25, 0.3) is 10.0 Å². The number of hydrogen-bond acceptors (Lipinski definition) is 3. The Morgan fingerprint density at radius 3 is 2.24 bits per heavy atom. The molecule has 4 nitrogen and oxygen atoms in total. The minimum absolute atomic E-state index is 0.279. The first-order valence-electron chi connectivity index (χ1n) is 6.73. The van der Waals surface area contributed by atoms with Crippen LogP contribution in [0.5, 0.6) is 5.75 Å². The van der Waals surface area contributed by atoms with Crippen LogP contribution < -0.4 is 9.04 Å². The third-order valence-electron chi connectivity index (χ3n) is 3.25. The molecule has 0 spiro atoms. The third kappa shape index (κ3) is 3.03. The van der Waals surface area contributed by atoms with Gasteiger partial charge in [-0.3, -0.25) is 4.31 Å². The Morgan fingerprint density at radius 2 is 1.67 bits per heavy atom. The second kappa shape index (κ2) is 6.18. The molecular weight excluding hydrogens is 286 g/mol. The van der Waals surface area contributed by atoms with Gasteiger partial charge in [0.2, 0.25) is 0 Å². The van der Waals surface area contributed by atoms with Gasteiger partial charge >= 0.3 is 0 Å². The van der Waals surface area contributed by atoms with Gasteiger partial charge in [0.1, 0.15) is 5.75 Å². The molecule has 0 N–H and O–H groups in total. The zero-order valence-electron chi connectivity index (χ0n) is 12.4. The van der Waals surface area contributed by atoms with Gasteiger partial charge < -0.3 is 4.74 Å². The van der Waals surface area contributed by atoms with E-state index < -0.39 is 10.0 Å². The van der Waals surface area contributed by atoms with Crippen molar-refractivity contribution < 1.29 is 13.2 Å². The molecule has 0 atom stereocenters. The quantitative estimate of drug-likeness (QED) is 0.852. The van der Waals surface area contributed by atoms with Crippen molar-refractivity contribution in [3.05, 3.63) is 54.1 Å². The molecule has 112 valence electrons. The SMILES string of the molecule is CCN(c1ccccc1OC)S(=O)(=O)c1ccc(C)cc1. The van der Waals surface area contributed by atoms with Crippen molar-refractivity contribution in [2.24, 2.45) is 0 Å². The van der Waals surface area contributed by atoms with Crippen molar-refractivity contribution in [1.82, 2.24) is 0 Å². The summed E-state index contributed by atoms with van der Waals surface area (Å²) in [5.74, 6) is 0.537. The van der Waals surface area contributed by atoms with Crippen LogP contribution in [0.15, 0.2) is 53.4 Å². The molecule has 0 radical (unpaired) electrons. The summed E-state index contributed by atoms with van der Waals surface area (Å²) < 4.78 is 32.3. The van der Waals surface area contributed by atoms with Gasteiger partial charge in [0.05, 0.1) is 17.7 Å². The highest BCUT2D eigenvalue weighted by molar-refractivity contribution is 7.92. The van der Waals surface area contributed by atoms with Crippen LogP contribution in [-0.4, -0.2) is 22.1 Å². The summed E-state index contributed by atoms with van der Waals surface area (Å²) in [6, 6.07) is 14.0. The molecule has 0 unspecified atom stereocenters. The van der Waals surface area contributed by atoms with Crippen LogP contribution >= 0.6 is 0 Å². The molecule has 0 saturated carbocycles. The molecule has 2 aromatic carbocycles. The highest BCUT2D eigenvalue weighted by atomic mass is 32.2. The van der Waals surface area contributed by atoms with Crippen molar-refractivity contribution >= 4 is 15.7 Å². The number of hydrogen-bond donors (Lipinski definition) is 0. The van der Waals surface area contributed by atoms with Gasteiger partial charge in [-0.25, -0.2) is 8.42 Å². The maximum absolute atomic E-state index is 12.8. The largest absolute Gasteiger partial charge is 0.495 e.